The fraction of sp³-hybridized carbons (Fsp3) is 0.531. The molecule has 1 saturated heterocycles. The molecule has 4 aliphatic rings. The van der Waals surface area contributed by atoms with Gasteiger partial charge in [-0.2, -0.15) is 0 Å². The molecule has 3 heterocycles. The zero-order valence-corrected chi connectivity index (χ0v) is 26.5. The lowest BCUT2D eigenvalue weighted by atomic mass is 9.91. The molecule has 1 unspecified atom stereocenters. The number of anilines is 2. The molecular formula is C32H39N7O5S. The van der Waals surface area contributed by atoms with Gasteiger partial charge in [0.2, 0.25) is 17.8 Å². The van der Waals surface area contributed by atoms with E-state index in [-0.39, 0.29) is 35.7 Å². The normalized spacial score (nSPS) is 20.7. The third-order valence-corrected chi connectivity index (χ3v) is 10.5. The highest BCUT2D eigenvalue weighted by Gasteiger charge is 2.37. The van der Waals surface area contributed by atoms with Crippen LogP contribution in [0.2, 0.25) is 0 Å². The number of thiophene rings is 1. The number of rotatable bonds is 12. The lowest BCUT2D eigenvalue weighted by Crippen LogP contribution is -2.39. The van der Waals surface area contributed by atoms with Crippen LogP contribution in [0.5, 0.6) is 11.5 Å². The van der Waals surface area contributed by atoms with Gasteiger partial charge in [0.05, 0.1) is 25.8 Å². The molecular weight excluding hydrogens is 594 g/mol. The molecule has 0 radical (unpaired) electrons. The summed E-state index contributed by atoms with van der Waals surface area (Å²) in [5.41, 5.74) is 2.53. The molecule has 1 aromatic carbocycles. The van der Waals surface area contributed by atoms with E-state index in [1.165, 1.54) is 11.3 Å². The fourth-order valence-electron chi connectivity index (χ4n) is 6.38. The van der Waals surface area contributed by atoms with E-state index < -0.39 is 0 Å². The average molecular weight is 634 g/mol. The van der Waals surface area contributed by atoms with Crippen LogP contribution in [-0.2, 0) is 29.0 Å². The zero-order chi connectivity index (χ0) is 31.1. The van der Waals surface area contributed by atoms with Crippen molar-refractivity contribution >= 4 is 40.0 Å². The highest BCUT2D eigenvalue weighted by molar-refractivity contribution is 7.17. The maximum atomic E-state index is 13.6. The number of ether oxygens (including phenoxy) is 2. The standard InChI is InChI=1S/C32H39N7O5S/c1-43-23-9-7-20(25(13-23)44-2)16-38(22-12-27(40)33-15-22)32-37-35-17-39(32)21-8-10-26-24(11-21)28(30(42)34-14-18-3-4-18)31(45-26)36-29(41)19-5-6-19/h7,9,13,17-19,21-22H,3-6,8,10-12,14-16H2,1-2H3,(H,33,40)(H,34,42)(H,36,41)/t21-,22?/m0/s1. The number of hydrogen-bond acceptors (Lipinski definition) is 9. The van der Waals surface area contributed by atoms with Crippen LogP contribution in [0.3, 0.4) is 0 Å². The van der Waals surface area contributed by atoms with E-state index in [1.54, 1.807) is 20.5 Å². The van der Waals surface area contributed by atoms with Crippen molar-refractivity contribution in [2.24, 2.45) is 11.8 Å². The highest BCUT2D eigenvalue weighted by atomic mass is 32.1. The molecule has 45 heavy (non-hydrogen) atoms. The quantitative estimate of drug-likeness (QED) is 0.276. The molecule has 12 nitrogen and oxygen atoms in total. The second kappa shape index (κ2) is 12.3. The monoisotopic (exact) mass is 633 g/mol. The van der Waals surface area contributed by atoms with E-state index in [2.05, 4.69) is 35.6 Å². The van der Waals surface area contributed by atoms with Crippen LogP contribution in [0, 0.1) is 11.8 Å². The van der Waals surface area contributed by atoms with Crippen molar-refractivity contribution in [1.82, 2.24) is 25.4 Å². The number of benzene rings is 1. The summed E-state index contributed by atoms with van der Waals surface area (Å²) in [5.74, 6) is 2.54. The van der Waals surface area contributed by atoms with Gasteiger partial charge in [-0.25, -0.2) is 0 Å². The van der Waals surface area contributed by atoms with Crippen molar-refractivity contribution < 1.29 is 23.9 Å². The lowest BCUT2D eigenvalue weighted by Gasteiger charge is -2.32. The van der Waals surface area contributed by atoms with Gasteiger partial charge in [0, 0.05) is 54.5 Å². The molecule has 3 aliphatic carbocycles. The Balaban J connectivity index is 1.19. The number of hydrogen-bond donors (Lipinski definition) is 3. The first-order chi connectivity index (χ1) is 21.9. The van der Waals surface area contributed by atoms with Crippen molar-refractivity contribution in [2.75, 3.05) is 37.5 Å². The molecule has 3 fully saturated rings. The number of aryl methyl sites for hydroxylation is 1. The lowest BCUT2D eigenvalue weighted by molar-refractivity contribution is -0.119. The third-order valence-electron chi connectivity index (χ3n) is 9.33. The molecule has 7 rings (SSSR count). The Labute approximate surface area is 265 Å². The van der Waals surface area contributed by atoms with Gasteiger partial charge in [0.1, 0.15) is 22.8 Å². The Bertz CT molecular complexity index is 1610. The summed E-state index contributed by atoms with van der Waals surface area (Å²) in [6.45, 7) is 1.61. The number of nitrogens with zero attached hydrogens (tertiary/aromatic N) is 4. The first-order valence-corrected chi connectivity index (χ1v) is 16.6. The molecule has 3 aromatic rings. The minimum Gasteiger partial charge on any atom is -0.497 e. The van der Waals surface area contributed by atoms with E-state index in [9.17, 15) is 14.4 Å². The van der Waals surface area contributed by atoms with Crippen LogP contribution >= 0.6 is 11.3 Å². The Hall–Kier alpha value is -4.13. The molecule has 2 saturated carbocycles. The number of carbonyl (C=O) groups is 3. The van der Waals surface area contributed by atoms with Crippen molar-refractivity contribution in [2.45, 2.75) is 70.0 Å². The number of methoxy groups -OCH3 is 2. The van der Waals surface area contributed by atoms with Gasteiger partial charge in [-0.05, 0) is 68.6 Å². The first kappa shape index (κ1) is 29.6. The molecule has 1 aliphatic heterocycles. The predicted molar refractivity (Wildman–Crippen MR) is 169 cm³/mol. The molecule has 2 aromatic heterocycles. The van der Waals surface area contributed by atoms with Gasteiger partial charge in [0.25, 0.3) is 5.91 Å². The molecule has 0 bridgehead atoms. The van der Waals surface area contributed by atoms with Crippen molar-refractivity contribution in [3.63, 3.8) is 0 Å². The largest absolute Gasteiger partial charge is 0.497 e. The van der Waals surface area contributed by atoms with E-state index >= 15 is 0 Å². The molecule has 0 spiro atoms. The summed E-state index contributed by atoms with van der Waals surface area (Å²) in [6.07, 6.45) is 8.42. The number of amides is 3. The van der Waals surface area contributed by atoms with Gasteiger partial charge in [-0.3, -0.25) is 19.0 Å². The summed E-state index contributed by atoms with van der Waals surface area (Å²) in [4.78, 5) is 42.0. The van der Waals surface area contributed by atoms with E-state index in [4.69, 9.17) is 9.47 Å². The molecule has 13 heteroatoms. The zero-order valence-electron chi connectivity index (χ0n) is 25.6. The van der Waals surface area contributed by atoms with Crippen molar-refractivity contribution in [3.05, 3.63) is 46.1 Å². The van der Waals surface area contributed by atoms with Gasteiger partial charge >= 0.3 is 0 Å². The SMILES string of the molecule is COc1ccc(CN(c2nncn2[C@H]2CCc3sc(NC(=O)C4CC4)c(C(=O)NCC4CC4)c3C2)C2CNC(=O)C2)c(OC)c1. The Kier molecular flexibility index (Phi) is 8.11. The summed E-state index contributed by atoms with van der Waals surface area (Å²) in [7, 11) is 3.25. The molecule has 3 amide bonds. The number of carbonyl (C=O) groups excluding carboxylic acids is 3. The van der Waals surface area contributed by atoms with Crippen LogP contribution in [0.15, 0.2) is 24.5 Å². The van der Waals surface area contributed by atoms with Gasteiger partial charge in [-0.1, -0.05) is 0 Å². The van der Waals surface area contributed by atoms with Crippen LogP contribution in [0.4, 0.5) is 10.9 Å². The minimum absolute atomic E-state index is 0.000897. The van der Waals surface area contributed by atoms with Gasteiger partial charge in [0.15, 0.2) is 0 Å². The maximum Gasteiger partial charge on any atom is 0.254 e. The van der Waals surface area contributed by atoms with E-state index in [0.717, 1.165) is 54.5 Å². The molecule has 3 N–H and O–H groups in total. The second-order valence-electron chi connectivity index (χ2n) is 12.5. The topological polar surface area (TPSA) is 140 Å². The van der Waals surface area contributed by atoms with Gasteiger partial charge in [-0.15, -0.1) is 21.5 Å². The Morgan fingerprint density at radius 1 is 1.13 bits per heavy atom. The van der Waals surface area contributed by atoms with Gasteiger partial charge < -0.3 is 30.3 Å². The van der Waals surface area contributed by atoms with E-state index in [0.29, 0.717) is 66.4 Å². The van der Waals surface area contributed by atoms with Crippen LogP contribution in [0.1, 0.15) is 70.9 Å². The Morgan fingerprint density at radius 2 is 1.98 bits per heavy atom. The summed E-state index contributed by atoms with van der Waals surface area (Å²) < 4.78 is 13.2. The van der Waals surface area contributed by atoms with Crippen molar-refractivity contribution in [1.29, 1.82) is 0 Å². The third kappa shape index (κ3) is 6.22. The average Bonchev–Trinajstić information content (AvgIpc) is 3.95. The van der Waals surface area contributed by atoms with Crippen LogP contribution in [-0.4, -0.2) is 65.8 Å². The number of aromatic nitrogens is 3. The first-order valence-electron chi connectivity index (χ1n) is 15.8. The Morgan fingerprint density at radius 3 is 2.69 bits per heavy atom. The number of nitrogens with one attached hydrogen (secondary N) is 3. The fourth-order valence-corrected chi connectivity index (χ4v) is 7.62. The van der Waals surface area contributed by atoms with Crippen molar-refractivity contribution in [3.8, 4) is 11.5 Å². The molecule has 238 valence electrons. The molecule has 2 atom stereocenters. The van der Waals surface area contributed by atoms with Crippen LogP contribution < -0.4 is 30.3 Å². The smallest absolute Gasteiger partial charge is 0.254 e. The van der Waals surface area contributed by atoms with E-state index in [1.807, 2.05) is 18.2 Å². The predicted octanol–water partition coefficient (Wildman–Crippen LogP) is 3.47. The minimum atomic E-state index is -0.124. The maximum absolute atomic E-state index is 13.6. The summed E-state index contributed by atoms with van der Waals surface area (Å²) >= 11 is 1.54. The number of fused-ring (bicyclic) bond motifs is 1. The summed E-state index contributed by atoms with van der Waals surface area (Å²) in [6, 6.07) is 5.58. The summed E-state index contributed by atoms with van der Waals surface area (Å²) in [5, 5.41) is 18.8. The highest BCUT2D eigenvalue weighted by Crippen LogP contribution is 2.43. The van der Waals surface area contributed by atoms with Crippen LogP contribution in [0.25, 0.3) is 0 Å². The second-order valence-corrected chi connectivity index (χ2v) is 13.6.